The van der Waals surface area contributed by atoms with Crippen LogP contribution in [0.25, 0.3) is 0 Å². The summed E-state index contributed by atoms with van der Waals surface area (Å²) < 4.78 is 14.8. The summed E-state index contributed by atoms with van der Waals surface area (Å²) >= 11 is 0. The van der Waals surface area contributed by atoms with E-state index in [9.17, 15) is 14.4 Å². The number of carbonyl (C=O) groups excluding carboxylic acids is 3. The molecule has 3 fully saturated rings. The molecule has 7 heteroatoms. The van der Waals surface area contributed by atoms with Gasteiger partial charge in [0.1, 0.15) is 0 Å². The number of unbranched alkanes of at least 4 members (excludes halogenated alkanes) is 15. The van der Waals surface area contributed by atoms with E-state index in [1.165, 1.54) is 120 Å². The van der Waals surface area contributed by atoms with Gasteiger partial charge in [0.05, 0.1) is 49.1 Å². The Morgan fingerprint density at radius 3 is 1.16 bits per heavy atom. The molecule has 0 amide bonds. The highest BCUT2D eigenvalue weighted by Gasteiger charge is 2.48. The molecule has 0 radical (unpaired) electrons. The van der Waals surface area contributed by atoms with E-state index < -0.39 is 0 Å². The molecule has 7 atom stereocenters. The van der Waals surface area contributed by atoms with Crippen LogP contribution in [0.3, 0.4) is 0 Å². The number of carbonyl (C=O) groups is 3. The summed E-state index contributed by atoms with van der Waals surface area (Å²) in [7, 11) is 0. The molecule has 3 saturated carbocycles. The van der Waals surface area contributed by atoms with Crippen molar-refractivity contribution >= 4 is 17.9 Å². The van der Waals surface area contributed by atoms with E-state index in [0.717, 1.165) is 32.1 Å². The van der Waals surface area contributed by atoms with Crippen molar-refractivity contribution in [2.45, 2.75) is 257 Å². The van der Waals surface area contributed by atoms with Crippen molar-refractivity contribution in [1.29, 1.82) is 5.26 Å². The lowest BCUT2D eigenvalue weighted by molar-refractivity contribution is -0.148. The van der Waals surface area contributed by atoms with Crippen LogP contribution >= 0.6 is 0 Å². The maximum absolute atomic E-state index is 11.5. The lowest BCUT2D eigenvalue weighted by Crippen LogP contribution is -2.15. The highest BCUT2D eigenvalue weighted by Crippen LogP contribution is 2.58. The Morgan fingerprint density at radius 2 is 0.871 bits per heavy atom. The molecule has 0 N–H and O–H groups in total. The zero-order chi connectivity index (χ0) is 47.2. The minimum Gasteiger partial charge on any atom is -0.466 e. The van der Waals surface area contributed by atoms with Gasteiger partial charge in [-0.05, 0) is 121 Å². The van der Waals surface area contributed by atoms with Gasteiger partial charge >= 0.3 is 17.9 Å². The molecule has 0 saturated heterocycles. The van der Waals surface area contributed by atoms with Gasteiger partial charge in [-0.15, -0.1) is 0 Å². The molecule has 2 bridgehead atoms. The molecule has 3 aliphatic rings. The summed E-state index contributed by atoms with van der Waals surface area (Å²) in [6, 6.07) is 2.27. The summed E-state index contributed by atoms with van der Waals surface area (Å²) in [5.41, 5.74) is -0.131. The van der Waals surface area contributed by atoms with Crippen molar-refractivity contribution in [3.8, 4) is 6.07 Å². The van der Waals surface area contributed by atoms with Crippen LogP contribution < -0.4 is 0 Å². The van der Waals surface area contributed by atoms with Crippen molar-refractivity contribution in [2.24, 2.45) is 52.8 Å². The Morgan fingerprint density at radius 1 is 0.532 bits per heavy atom. The molecule has 0 aliphatic heterocycles. The predicted octanol–water partition coefficient (Wildman–Crippen LogP) is 16.4. The molecule has 0 spiro atoms. The van der Waals surface area contributed by atoms with Crippen molar-refractivity contribution in [3.63, 3.8) is 0 Å². The quantitative estimate of drug-likeness (QED) is 0.0460. The number of ether oxygens (including phenoxy) is 3. The van der Waals surface area contributed by atoms with Crippen LogP contribution in [0.4, 0.5) is 0 Å². The molecule has 7 nitrogen and oxygen atoms in total. The van der Waals surface area contributed by atoms with E-state index in [1.807, 2.05) is 69.2 Å². The van der Waals surface area contributed by atoms with Crippen LogP contribution in [0.1, 0.15) is 257 Å². The summed E-state index contributed by atoms with van der Waals surface area (Å²) in [6.45, 7) is 27.4. The van der Waals surface area contributed by atoms with Crippen LogP contribution in [-0.4, -0.2) is 37.7 Å². The molecule has 62 heavy (non-hydrogen) atoms. The highest BCUT2D eigenvalue weighted by atomic mass is 16.5. The Labute approximate surface area is 386 Å². The molecule has 0 heterocycles. The average Bonchev–Trinajstić information content (AvgIpc) is 4.02. The van der Waals surface area contributed by atoms with Crippen LogP contribution in [0, 0.1) is 64.1 Å². The van der Waals surface area contributed by atoms with Crippen molar-refractivity contribution < 1.29 is 28.6 Å². The van der Waals surface area contributed by atoms with Gasteiger partial charge in [0, 0.05) is 0 Å². The van der Waals surface area contributed by atoms with Gasteiger partial charge in [-0.1, -0.05) is 165 Å². The van der Waals surface area contributed by atoms with Crippen molar-refractivity contribution in [1.82, 2.24) is 0 Å². The first-order valence-corrected chi connectivity index (χ1v) is 26.5. The largest absolute Gasteiger partial charge is 0.466 e. The summed E-state index contributed by atoms with van der Waals surface area (Å²) in [5, 5.41) is 8.59. The topological polar surface area (TPSA) is 103 Å². The fourth-order valence-electron chi connectivity index (χ4n) is 9.12. The molecule has 0 aromatic heterocycles. The third-order valence-corrected chi connectivity index (χ3v) is 13.4. The number of hydrogen-bond donors (Lipinski definition) is 0. The third-order valence-electron chi connectivity index (χ3n) is 13.4. The summed E-state index contributed by atoms with van der Waals surface area (Å²) in [6.07, 6.45) is 35.1. The number of esters is 3. The molecule has 3 aliphatic carbocycles. The highest BCUT2D eigenvalue weighted by molar-refractivity contribution is 5.72. The predicted molar refractivity (Wildman–Crippen MR) is 263 cm³/mol. The first kappa shape index (κ1) is 62.0. The standard InChI is InChI=1S/C23H46O2.C10H16.C8H15N.2C7H14O2/c1-4-6-7-8-9-10-11-12-13-14-15-16-17-18-19-20-21-25-23(24)22(3)5-2;1-2-9-7-4-5-8(6-7)10(9)3-1;1-7(2)5-8(3,4)6-9;2*1-4-6(3)7(8)9-5-2/h22H,4-21H2,1-3H3;7-10H,1-6H2;7H,5H2,1-4H3;2*6H,4-5H2,1-3H3. The molecule has 0 aromatic carbocycles. The van der Waals surface area contributed by atoms with E-state index in [2.05, 4.69) is 26.8 Å². The van der Waals surface area contributed by atoms with Gasteiger partial charge in [0.25, 0.3) is 0 Å². The van der Waals surface area contributed by atoms with E-state index >= 15 is 0 Å². The first-order valence-electron chi connectivity index (χ1n) is 26.5. The molecule has 7 unspecified atom stereocenters. The number of rotatable bonds is 27. The maximum Gasteiger partial charge on any atom is 0.308 e. The van der Waals surface area contributed by atoms with Crippen LogP contribution in [0.5, 0.6) is 0 Å². The maximum atomic E-state index is 11.5. The molecular weight excluding hydrogens is 771 g/mol. The van der Waals surface area contributed by atoms with E-state index in [4.69, 9.17) is 19.5 Å². The summed E-state index contributed by atoms with van der Waals surface area (Å²) in [5.74, 6) is 5.41. The normalized spacial score (nSPS) is 19.6. The first-order chi connectivity index (χ1) is 29.6. The zero-order valence-corrected chi connectivity index (χ0v) is 43.5. The van der Waals surface area contributed by atoms with Gasteiger partial charge in [0.15, 0.2) is 0 Å². The molecule has 366 valence electrons. The van der Waals surface area contributed by atoms with Gasteiger partial charge in [-0.25, -0.2) is 0 Å². The van der Waals surface area contributed by atoms with Crippen molar-refractivity contribution in [2.75, 3.05) is 19.8 Å². The van der Waals surface area contributed by atoms with Gasteiger partial charge in [0.2, 0.25) is 0 Å². The number of nitriles is 1. The fraction of sp³-hybridized carbons (Fsp3) is 0.927. The Bertz CT molecular complexity index is 1070. The SMILES string of the molecule is C1CC2C3CCC(C3)C2C1.CC(C)CC(C)(C)C#N.CCCCCCCCCCCCCCCCCCOC(=O)C(C)CC.CCOC(=O)C(C)CC.CCOC(=O)C(C)CC. The number of hydrogen-bond acceptors (Lipinski definition) is 7. The fourth-order valence-corrected chi connectivity index (χ4v) is 9.12. The Balaban J connectivity index is 0. The van der Waals surface area contributed by atoms with Gasteiger partial charge in [-0.3, -0.25) is 14.4 Å². The van der Waals surface area contributed by atoms with Gasteiger partial charge in [-0.2, -0.15) is 5.26 Å². The smallest absolute Gasteiger partial charge is 0.308 e. The number of nitrogens with zero attached hydrogens (tertiary/aromatic N) is 1. The minimum absolute atomic E-state index is 0.0246. The van der Waals surface area contributed by atoms with Gasteiger partial charge < -0.3 is 14.2 Å². The lowest BCUT2D eigenvalue weighted by atomic mass is 9.82. The lowest BCUT2D eigenvalue weighted by Gasteiger charge is -2.23. The molecule has 0 aromatic rings. The van der Waals surface area contributed by atoms with Crippen molar-refractivity contribution in [3.05, 3.63) is 0 Å². The van der Waals surface area contributed by atoms with E-state index in [-0.39, 0.29) is 41.1 Å². The third kappa shape index (κ3) is 32.5. The second-order valence-corrected chi connectivity index (χ2v) is 20.1. The van der Waals surface area contributed by atoms with Crippen LogP contribution in [-0.2, 0) is 28.6 Å². The van der Waals surface area contributed by atoms with Crippen LogP contribution in [0.2, 0.25) is 0 Å². The second kappa shape index (κ2) is 40.4. The van der Waals surface area contributed by atoms with Crippen LogP contribution in [0.15, 0.2) is 0 Å². The molecule has 3 rings (SSSR count). The van der Waals surface area contributed by atoms with E-state index in [1.54, 1.807) is 38.5 Å². The Hall–Kier alpha value is -2.10. The summed E-state index contributed by atoms with van der Waals surface area (Å²) in [4.78, 5) is 33.0. The zero-order valence-electron chi connectivity index (χ0n) is 43.5. The monoisotopic (exact) mass is 876 g/mol. The molecular formula is C55H105NO6. The minimum atomic E-state index is -0.131. The average molecular weight is 876 g/mol. The number of fused-ring (bicyclic) bond motifs is 5. The Kier molecular flexibility index (Phi) is 40.4. The second-order valence-electron chi connectivity index (χ2n) is 20.1. The van der Waals surface area contributed by atoms with E-state index in [0.29, 0.717) is 25.7 Å².